The molecule has 0 aromatic heterocycles. The molecular weight excluding hydrogens is 446 g/mol. The van der Waals surface area contributed by atoms with E-state index in [0.717, 1.165) is 5.56 Å². The lowest BCUT2D eigenvalue weighted by Gasteiger charge is -2.25. The van der Waals surface area contributed by atoms with Crippen molar-refractivity contribution in [2.45, 2.75) is 19.5 Å². The predicted molar refractivity (Wildman–Crippen MR) is 130 cm³/mol. The summed E-state index contributed by atoms with van der Waals surface area (Å²) in [4.78, 5) is 39.8. The molecule has 1 unspecified atom stereocenters. The van der Waals surface area contributed by atoms with Crippen LogP contribution in [-0.2, 0) is 20.9 Å². The molecule has 1 atom stereocenters. The second-order valence-corrected chi connectivity index (χ2v) is 7.96. The molecule has 178 valence electrons. The zero-order chi connectivity index (χ0) is 24.9. The molecular formula is C28H25NO6. The standard InChI is InChI=1S/C28H25NO6/c1-3-35-28(33)20-15-13-18(14-16-20)17-29-24(19-9-5-4-6-10-19)23(26(31)27(29)32)25(30)21-11-7-8-12-22(21)34-2/h4-16,24,30H,3,17H2,1-2H3/b25-23+. The van der Waals surface area contributed by atoms with Crippen LogP contribution in [0.5, 0.6) is 5.75 Å². The summed E-state index contributed by atoms with van der Waals surface area (Å²) < 4.78 is 10.4. The first-order chi connectivity index (χ1) is 17.0. The molecule has 7 heteroatoms. The Labute approximate surface area is 203 Å². The first kappa shape index (κ1) is 23.8. The summed E-state index contributed by atoms with van der Waals surface area (Å²) in [6.07, 6.45) is 0. The van der Waals surface area contributed by atoms with Crippen molar-refractivity contribution >= 4 is 23.4 Å². The van der Waals surface area contributed by atoms with Crippen LogP contribution in [0.1, 0.15) is 40.0 Å². The molecule has 3 aromatic carbocycles. The molecule has 1 amide bonds. The van der Waals surface area contributed by atoms with Crippen LogP contribution in [0.15, 0.2) is 84.4 Å². The van der Waals surface area contributed by atoms with Crippen molar-refractivity contribution in [3.05, 3.63) is 107 Å². The molecule has 3 aromatic rings. The van der Waals surface area contributed by atoms with Gasteiger partial charge in [-0.05, 0) is 42.3 Å². The highest BCUT2D eigenvalue weighted by molar-refractivity contribution is 6.46. The summed E-state index contributed by atoms with van der Waals surface area (Å²) in [5.74, 6) is -1.83. The molecule has 0 radical (unpaired) electrons. The van der Waals surface area contributed by atoms with Crippen molar-refractivity contribution in [3.63, 3.8) is 0 Å². The topological polar surface area (TPSA) is 93.1 Å². The number of benzene rings is 3. The third-order valence-electron chi connectivity index (χ3n) is 5.84. The number of amides is 1. The molecule has 0 spiro atoms. The summed E-state index contributed by atoms with van der Waals surface area (Å²) in [5.41, 5.74) is 2.12. The fourth-order valence-electron chi connectivity index (χ4n) is 4.17. The van der Waals surface area contributed by atoms with E-state index in [2.05, 4.69) is 0 Å². The van der Waals surface area contributed by atoms with Crippen LogP contribution in [-0.4, -0.2) is 41.4 Å². The quantitative estimate of drug-likeness (QED) is 0.236. The Bertz CT molecular complexity index is 1280. The van der Waals surface area contributed by atoms with Crippen molar-refractivity contribution in [1.29, 1.82) is 0 Å². The van der Waals surface area contributed by atoms with Gasteiger partial charge < -0.3 is 19.5 Å². The maximum absolute atomic E-state index is 13.2. The van der Waals surface area contributed by atoms with E-state index >= 15 is 0 Å². The van der Waals surface area contributed by atoms with Gasteiger partial charge in [0.2, 0.25) is 0 Å². The van der Waals surface area contributed by atoms with E-state index in [1.54, 1.807) is 55.5 Å². The largest absolute Gasteiger partial charge is 0.507 e. The zero-order valence-corrected chi connectivity index (χ0v) is 19.4. The molecule has 35 heavy (non-hydrogen) atoms. The first-order valence-corrected chi connectivity index (χ1v) is 11.2. The second-order valence-electron chi connectivity index (χ2n) is 7.96. The van der Waals surface area contributed by atoms with E-state index < -0.39 is 23.7 Å². The number of hydrogen-bond donors (Lipinski definition) is 1. The fourth-order valence-corrected chi connectivity index (χ4v) is 4.17. The summed E-state index contributed by atoms with van der Waals surface area (Å²) in [7, 11) is 1.47. The van der Waals surface area contributed by atoms with E-state index in [1.165, 1.54) is 12.0 Å². The number of methoxy groups -OCH3 is 1. The van der Waals surface area contributed by atoms with E-state index in [9.17, 15) is 19.5 Å². The number of ether oxygens (including phenoxy) is 2. The van der Waals surface area contributed by atoms with Gasteiger partial charge in [0.1, 0.15) is 11.5 Å². The number of carbonyl (C=O) groups is 3. The smallest absolute Gasteiger partial charge is 0.338 e. The van der Waals surface area contributed by atoms with Crippen LogP contribution in [0.2, 0.25) is 0 Å². The molecule has 1 aliphatic heterocycles. The van der Waals surface area contributed by atoms with Crippen LogP contribution < -0.4 is 4.74 Å². The van der Waals surface area contributed by atoms with Crippen molar-refractivity contribution in [2.75, 3.05) is 13.7 Å². The van der Waals surface area contributed by atoms with Gasteiger partial charge in [-0.2, -0.15) is 0 Å². The Morgan fingerprint density at radius 2 is 1.60 bits per heavy atom. The number of Topliss-reactive ketones (excluding diaryl/α,β-unsaturated/α-hetero) is 1. The monoisotopic (exact) mass is 471 g/mol. The SMILES string of the molecule is CCOC(=O)c1ccc(CN2C(=O)C(=O)/C(=C(/O)c3ccccc3OC)C2c2ccccc2)cc1. The van der Waals surface area contributed by atoms with Gasteiger partial charge in [-0.15, -0.1) is 0 Å². The molecule has 1 heterocycles. The van der Waals surface area contributed by atoms with Crippen molar-refractivity contribution in [1.82, 2.24) is 4.90 Å². The zero-order valence-electron chi connectivity index (χ0n) is 19.4. The highest BCUT2D eigenvalue weighted by atomic mass is 16.5. The molecule has 1 aliphatic rings. The normalized spacial score (nSPS) is 16.9. The van der Waals surface area contributed by atoms with Crippen molar-refractivity contribution in [3.8, 4) is 5.75 Å². The van der Waals surface area contributed by atoms with E-state index in [1.807, 2.05) is 30.3 Å². The Hall–Kier alpha value is -4.39. The molecule has 1 saturated heterocycles. The van der Waals surface area contributed by atoms with Crippen LogP contribution >= 0.6 is 0 Å². The number of aliphatic hydroxyl groups excluding tert-OH is 1. The highest BCUT2D eigenvalue weighted by Crippen LogP contribution is 2.41. The number of likely N-dealkylation sites (tertiary alicyclic amines) is 1. The first-order valence-electron chi connectivity index (χ1n) is 11.2. The van der Waals surface area contributed by atoms with Gasteiger partial charge in [0.15, 0.2) is 0 Å². The van der Waals surface area contributed by atoms with Gasteiger partial charge in [0.25, 0.3) is 11.7 Å². The maximum Gasteiger partial charge on any atom is 0.338 e. The minimum atomic E-state index is -0.800. The van der Waals surface area contributed by atoms with Gasteiger partial charge >= 0.3 is 5.97 Å². The second kappa shape index (κ2) is 10.3. The minimum Gasteiger partial charge on any atom is -0.507 e. The van der Waals surface area contributed by atoms with Gasteiger partial charge in [-0.1, -0.05) is 54.6 Å². The lowest BCUT2D eigenvalue weighted by Crippen LogP contribution is -2.29. The van der Waals surface area contributed by atoms with Crippen LogP contribution in [0.3, 0.4) is 0 Å². The third-order valence-corrected chi connectivity index (χ3v) is 5.84. The van der Waals surface area contributed by atoms with Gasteiger partial charge in [-0.3, -0.25) is 9.59 Å². The molecule has 0 saturated carbocycles. The summed E-state index contributed by atoms with van der Waals surface area (Å²) in [6.45, 7) is 2.11. The predicted octanol–water partition coefficient (Wildman–Crippen LogP) is 4.49. The highest BCUT2D eigenvalue weighted by Gasteiger charge is 2.46. The Kier molecular flexibility index (Phi) is 6.96. The summed E-state index contributed by atoms with van der Waals surface area (Å²) in [5, 5.41) is 11.2. The van der Waals surface area contributed by atoms with E-state index in [0.29, 0.717) is 22.4 Å². The molecule has 0 aliphatic carbocycles. The van der Waals surface area contributed by atoms with Crippen LogP contribution in [0.25, 0.3) is 5.76 Å². The molecule has 7 nitrogen and oxygen atoms in total. The number of hydrogen-bond acceptors (Lipinski definition) is 6. The van der Waals surface area contributed by atoms with Crippen molar-refractivity contribution in [2.24, 2.45) is 0 Å². The number of carbonyl (C=O) groups excluding carboxylic acids is 3. The minimum absolute atomic E-state index is 0.00570. The third kappa shape index (κ3) is 4.66. The molecule has 0 bridgehead atoms. The number of ketones is 1. The number of para-hydroxylation sites is 1. The van der Waals surface area contributed by atoms with Gasteiger partial charge in [0.05, 0.1) is 36.5 Å². The number of aliphatic hydroxyl groups is 1. The number of rotatable bonds is 7. The lowest BCUT2D eigenvalue weighted by atomic mass is 9.95. The van der Waals surface area contributed by atoms with Gasteiger partial charge in [-0.25, -0.2) is 4.79 Å². The number of esters is 1. The van der Waals surface area contributed by atoms with Gasteiger partial charge in [0, 0.05) is 6.54 Å². The Morgan fingerprint density at radius 1 is 0.943 bits per heavy atom. The fraction of sp³-hybridized carbons (Fsp3) is 0.179. The Morgan fingerprint density at radius 3 is 2.26 bits per heavy atom. The Balaban J connectivity index is 1.77. The van der Waals surface area contributed by atoms with Crippen LogP contribution in [0, 0.1) is 0 Å². The summed E-state index contributed by atoms with van der Waals surface area (Å²) >= 11 is 0. The van der Waals surface area contributed by atoms with E-state index in [4.69, 9.17) is 9.47 Å². The summed E-state index contributed by atoms with van der Waals surface area (Å²) in [6, 6.07) is 21.7. The average molecular weight is 472 g/mol. The van der Waals surface area contributed by atoms with Crippen molar-refractivity contribution < 1.29 is 29.0 Å². The molecule has 1 fully saturated rings. The molecule has 4 rings (SSSR count). The maximum atomic E-state index is 13.2. The average Bonchev–Trinajstić information content (AvgIpc) is 3.14. The number of nitrogens with zero attached hydrogens (tertiary/aromatic N) is 1. The lowest BCUT2D eigenvalue weighted by molar-refractivity contribution is -0.140. The van der Waals surface area contributed by atoms with Crippen LogP contribution in [0.4, 0.5) is 0 Å². The molecule has 1 N–H and O–H groups in total. The van der Waals surface area contributed by atoms with E-state index in [-0.39, 0.29) is 24.5 Å².